The first kappa shape index (κ1) is 13.7. The summed E-state index contributed by atoms with van der Waals surface area (Å²) in [5.41, 5.74) is 1.21. The molecule has 0 aromatic heterocycles. The minimum Gasteiger partial charge on any atom is -0.508 e. The molecule has 110 valence electrons. The van der Waals surface area contributed by atoms with Gasteiger partial charge >= 0.3 is 0 Å². The normalized spacial score (nSPS) is 23.9. The van der Waals surface area contributed by atoms with Crippen molar-refractivity contribution < 1.29 is 9.84 Å². The third kappa shape index (κ3) is 2.76. The Morgan fingerprint density at radius 3 is 2.85 bits per heavy atom. The SMILES string of the molecule is CN1CCC(CN(C)C2COc3cc(O)ccc32)CC1. The Morgan fingerprint density at radius 2 is 2.10 bits per heavy atom. The number of rotatable bonds is 3. The Bertz CT molecular complexity index is 470. The summed E-state index contributed by atoms with van der Waals surface area (Å²) >= 11 is 0. The van der Waals surface area contributed by atoms with Crippen molar-refractivity contribution in [2.75, 3.05) is 40.3 Å². The lowest BCUT2D eigenvalue weighted by Crippen LogP contribution is -2.37. The first-order valence-electron chi connectivity index (χ1n) is 7.48. The smallest absolute Gasteiger partial charge is 0.127 e. The van der Waals surface area contributed by atoms with E-state index in [0.29, 0.717) is 12.6 Å². The van der Waals surface area contributed by atoms with Crippen LogP contribution in [0.1, 0.15) is 24.4 Å². The van der Waals surface area contributed by atoms with E-state index in [0.717, 1.165) is 18.2 Å². The number of hydrogen-bond acceptors (Lipinski definition) is 4. The first-order valence-corrected chi connectivity index (χ1v) is 7.48. The zero-order valence-corrected chi connectivity index (χ0v) is 12.4. The maximum absolute atomic E-state index is 9.51. The molecular weight excluding hydrogens is 252 g/mol. The van der Waals surface area contributed by atoms with Gasteiger partial charge in [0.1, 0.15) is 18.1 Å². The maximum atomic E-state index is 9.51. The number of nitrogens with zero attached hydrogens (tertiary/aromatic N) is 2. The number of likely N-dealkylation sites (tertiary alicyclic amines) is 1. The zero-order valence-electron chi connectivity index (χ0n) is 12.4. The van der Waals surface area contributed by atoms with E-state index in [1.54, 1.807) is 12.1 Å². The van der Waals surface area contributed by atoms with Gasteiger partial charge in [0.05, 0.1) is 6.04 Å². The molecule has 1 N–H and O–H groups in total. The fourth-order valence-corrected chi connectivity index (χ4v) is 3.33. The van der Waals surface area contributed by atoms with Crippen molar-refractivity contribution in [3.05, 3.63) is 23.8 Å². The van der Waals surface area contributed by atoms with E-state index >= 15 is 0 Å². The van der Waals surface area contributed by atoms with Crippen LogP contribution in [0.4, 0.5) is 0 Å². The highest BCUT2D eigenvalue weighted by Gasteiger charge is 2.29. The average molecular weight is 276 g/mol. The van der Waals surface area contributed by atoms with Crippen LogP contribution < -0.4 is 4.74 Å². The van der Waals surface area contributed by atoms with Crippen molar-refractivity contribution in [3.8, 4) is 11.5 Å². The average Bonchev–Trinajstić information content (AvgIpc) is 2.84. The van der Waals surface area contributed by atoms with Crippen LogP contribution in [0, 0.1) is 5.92 Å². The molecule has 4 nitrogen and oxygen atoms in total. The monoisotopic (exact) mass is 276 g/mol. The van der Waals surface area contributed by atoms with Gasteiger partial charge in [-0.05, 0) is 58.1 Å². The van der Waals surface area contributed by atoms with Gasteiger partial charge in [-0.2, -0.15) is 0 Å². The third-order valence-electron chi connectivity index (χ3n) is 4.67. The summed E-state index contributed by atoms with van der Waals surface area (Å²) in [7, 11) is 4.39. The van der Waals surface area contributed by atoms with Crippen LogP contribution in [0.5, 0.6) is 11.5 Å². The van der Waals surface area contributed by atoms with Crippen LogP contribution in [0.25, 0.3) is 0 Å². The molecule has 1 fully saturated rings. The number of benzene rings is 1. The van der Waals surface area contributed by atoms with Gasteiger partial charge in [0.2, 0.25) is 0 Å². The molecule has 1 aromatic carbocycles. The van der Waals surface area contributed by atoms with E-state index in [1.807, 2.05) is 6.07 Å². The van der Waals surface area contributed by atoms with Gasteiger partial charge < -0.3 is 14.7 Å². The summed E-state index contributed by atoms with van der Waals surface area (Å²) in [5, 5.41) is 9.51. The van der Waals surface area contributed by atoms with E-state index in [-0.39, 0.29) is 5.75 Å². The molecule has 0 aliphatic carbocycles. The number of hydrogen-bond donors (Lipinski definition) is 1. The van der Waals surface area contributed by atoms with Crippen molar-refractivity contribution in [3.63, 3.8) is 0 Å². The molecule has 0 saturated carbocycles. The number of piperidine rings is 1. The van der Waals surface area contributed by atoms with E-state index in [2.05, 4.69) is 23.9 Å². The number of phenolic OH excluding ortho intramolecular Hbond substituents is 1. The Morgan fingerprint density at radius 1 is 1.35 bits per heavy atom. The molecule has 1 aromatic rings. The fourth-order valence-electron chi connectivity index (χ4n) is 3.33. The molecule has 0 bridgehead atoms. The second kappa shape index (κ2) is 5.62. The van der Waals surface area contributed by atoms with Crippen LogP contribution in [-0.2, 0) is 0 Å². The Hall–Kier alpha value is -1.26. The van der Waals surface area contributed by atoms with Crippen LogP contribution in [0.2, 0.25) is 0 Å². The van der Waals surface area contributed by atoms with Crippen LogP contribution in [-0.4, -0.2) is 55.2 Å². The summed E-state index contributed by atoms with van der Waals surface area (Å²) in [4.78, 5) is 4.83. The largest absolute Gasteiger partial charge is 0.508 e. The molecule has 4 heteroatoms. The first-order chi connectivity index (χ1) is 9.63. The highest BCUT2D eigenvalue weighted by Crippen LogP contribution is 2.38. The lowest BCUT2D eigenvalue weighted by molar-refractivity contribution is 0.135. The van der Waals surface area contributed by atoms with Gasteiger partial charge in [-0.3, -0.25) is 4.90 Å². The Balaban J connectivity index is 1.63. The Kier molecular flexibility index (Phi) is 3.85. The molecule has 3 rings (SSSR count). The predicted octanol–water partition coefficient (Wildman–Crippen LogP) is 2.10. The molecule has 0 radical (unpaired) electrons. The second-order valence-electron chi connectivity index (χ2n) is 6.24. The summed E-state index contributed by atoms with van der Waals surface area (Å²) < 4.78 is 5.71. The summed E-state index contributed by atoms with van der Waals surface area (Å²) in [5.74, 6) is 1.91. The van der Waals surface area contributed by atoms with Gasteiger partial charge in [-0.1, -0.05) is 0 Å². The van der Waals surface area contributed by atoms with E-state index in [9.17, 15) is 5.11 Å². The Labute approximate surface area is 120 Å². The summed E-state index contributed by atoms with van der Waals surface area (Å²) in [6.07, 6.45) is 2.58. The predicted molar refractivity (Wildman–Crippen MR) is 79.2 cm³/mol. The van der Waals surface area contributed by atoms with Crippen molar-refractivity contribution in [2.45, 2.75) is 18.9 Å². The molecule has 2 heterocycles. The topological polar surface area (TPSA) is 35.9 Å². The van der Waals surface area contributed by atoms with Gasteiger partial charge in [-0.15, -0.1) is 0 Å². The van der Waals surface area contributed by atoms with Crippen LogP contribution in [0.3, 0.4) is 0 Å². The van der Waals surface area contributed by atoms with Gasteiger partial charge in [-0.25, -0.2) is 0 Å². The van der Waals surface area contributed by atoms with Gasteiger partial charge in [0.15, 0.2) is 0 Å². The zero-order chi connectivity index (χ0) is 14.1. The minimum absolute atomic E-state index is 0.280. The van der Waals surface area contributed by atoms with Crippen LogP contribution >= 0.6 is 0 Å². The quantitative estimate of drug-likeness (QED) is 0.917. The lowest BCUT2D eigenvalue weighted by atomic mass is 9.95. The van der Waals surface area contributed by atoms with Crippen molar-refractivity contribution in [2.24, 2.45) is 5.92 Å². The van der Waals surface area contributed by atoms with E-state index < -0.39 is 0 Å². The minimum atomic E-state index is 0.280. The van der Waals surface area contributed by atoms with E-state index in [4.69, 9.17) is 4.74 Å². The van der Waals surface area contributed by atoms with Crippen molar-refractivity contribution in [1.29, 1.82) is 0 Å². The maximum Gasteiger partial charge on any atom is 0.127 e. The van der Waals surface area contributed by atoms with Gasteiger partial charge in [0.25, 0.3) is 0 Å². The van der Waals surface area contributed by atoms with E-state index in [1.165, 1.54) is 31.5 Å². The molecule has 0 spiro atoms. The summed E-state index contributed by atoms with van der Waals surface area (Å²) in [6.45, 7) is 4.25. The van der Waals surface area contributed by atoms with Gasteiger partial charge in [0, 0.05) is 18.2 Å². The fraction of sp³-hybridized carbons (Fsp3) is 0.625. The third-order valence-corrected chi connectivity index (χ3v) is 4.67. The number of ether oxygens (including phenoxy) is 1. The molecule has 1 atom stereocenters. The molecule has 2 aliphatic heterocycles. The second-order valence-corrected chi connectivity index (χ2v) is 6.24. The van der Waals surface area contributed by atoms with Crippen molar-refractivity contribution >= 4 is 0 Å². The number of aromatic hydroxyl groups is 1. The van der Waals surface area contributed by atoms with Crippen molar-refractivity contribution in [1.82, 2.24) is 9.80 Å². The summed E-state index contributed by atoms with van der Waals surface area (Å²) in [6, 6.07) is 5.79. The number of phenols is 1. The molecular formula is C16H24N2O2. The molecule has 20 heavy (non-hydrogen) atoms. The number of fused-ring (bicyclic) bond motifs is 1. The molecule has 1 saturated heterocycles. The highest BCUT2D eigenvalue weighted by molar-refractivity contribution is 5.44. The highest BCUT2D eigenvalue weighted by atomic mass is 16.5. The number of likely N-dealkylation sites (N-methyl/N-ethyl adjacent to an activating group) is 1. The standard InChI is InChI=1S/C16H24N2O2/c1-17-7-5-12(6-8-17)10-18(2)15-11-20-16-9-13(19)3-4-14(15)16/h3-4,9,12,15,19H,5-8,10-11H2,1-2H3. The molecule has 2 aliphatic rings. The molecule has 0 amide bonds. The lowest BCUT2D eigenvalue weighted by Gasteiger charge is -2.33. The molecule has 1 unspecified atom stereocenters. The van der Waals surface area contributed by atoms with Crippen LogP contribution in [0.15, 0.2) is 18.2 Å².